The van der Waals surface area contributed by atoms with E-state index >= 15 is 0 Å². The number of fused-ring (bicyclic) bond motifs is 2. The molecule has 0 fully saturated rings. The smallest absolute Gasteiger partial charge is 0.221 e. The maximum Gasteiger partial charge on any atom is 0.221 e. The second-order valence-corrected chi connectivity index (χ2v) is 13.7. The Hall–Kier alpha value is -2.50. The molecule has 2 heterocycles. The molecule has 4 rings (SSSR count). The van der Waals surface area contributed by atoms with Gasteiger partial charge in [0.05, 0.1) is 0 Å². The molecule has 1 N–H and O–H groups in total. The third kappa shape index (κ3) is 3.28. The Morgan fingerprint density at radius 1 is 1.14 bits per heavy atom. The van der Waals surface area contributed by atoms with Crippen LogP contribution in [0.25, 0.3) is 5.57 Å². The van der Waals surface area contributed by atoms with E-state index in [1.54, 1.807) is 18.3 Å². The van der Waals surface area contributed by atoms with Crippen LogP contribution in [0.15, 0.2) is 58.6 Å². The maximum atomic E-state index is 11.6. The zero-order chi connectivity index (χ0) is 20.9. The fourth-order valence-corrected chi connectivity index (χ4v) is 8.35. The summed E-state index contributed by atoms with van der Waals surface area (Å²) in [6.07, 6.45) is 6.90. The minimum absolute atomic E-state index is 0.0335. The summed E-state index contributed by atoms with van der Waals surface area (Å²) in [5.74, 6) is -0.0335. The van der Waals surface area contributed by atoms with Crippen LogP contribution in [0.4, 0.5) is 5.69 Å². The second-order valence-electron chi connectivity index (χ2n) is 8.50. The zero-order valence-corrected chi connectivity index (χ0v) is 19.7. The Morgan fingerprint density at radius 2 is 1.90 bits per heavy atom. The summed E-state index contributed by atoms with van der Waals surface area (Å²) in [6, 6.07) is 8.64. The SMILES string of the molecule is CC(=O)Nc1ccc2c(c1)[Si](C)(C)C1=CC(=[N+](C)C)C=CC1=C2c1sccc1C. The number of hydrogen-bond acceptors (Lipinski definition) is 2. The Labute approximate surface area is 177 Å². The largest absolute Gasteiger partial charge is 0.326 e. The molecule has 1 amide bonds. The Balaban J connectivity index is 2.06. The third-order valence-electron chi connectivity index (χ3n) is 5.83. The average Bonchev–Trinajstić information content (AvgIpc) is 3.07. The number of carbonyl (C=O) groups is 1. The first-order valence-electron chi connectivity index (χ1n) is 9.86. The van der Waals surface area contributed by atoms with Crippen molar-refractivity contribution >= 4 is 47.5 Å². The van der Waals surface area contributed by atoms with E-state index < -0.39 is 8.07 Å². The molecular formula is C24H27N2OSSi+. The number of nitrogens with one attached hydrogen (secondary N) is 1. The fraction of sp³-hybridized carbons (Fsp3) is 0.250. The van der Waals surface area contributed by atoms with E-state index in [1.807, 2.05) is 6.07 Å². The molecule has 0 spiro atoms. The minimum Gasteiger partial charge on any atom is -0.326 e. The van der Waals surface area contributed by atoms with Crippen molar-refractivity contribution in [3.05, 3.63) is 74.6 Å². The highest BCUT2D eigenvalue weighted by atomic mass is 32.1. The molecule has 29 heavy (non-hydrogen) atoms. The van der Waals surface area contributed by atoms with E-state index in [0.717, 1.165) is 5.69 Å². The summed E-state index contributed by atoms with van der Waals surface area (Å²) in [4.78, 5) is 13.0. The van der Waals surface area contributed by atoms with Crippen LogP contribution in [-0.2, 0) is 4.79 Å². The van der Waals surface area contributed by atoms with E-state index in [0.29, 0.717) is 0 Å². The molecule has 148 valence electrons. The van der Waals surface area contributed by atoms with E-state index in [4.69, 9.17) is 0 Å². The second kappa shape index (κ2) is 7.08. The molecule has 3 nitrogen and oxygen atoms in total. The predicted molar refractivity (Wildman–Crippen MR) is 127 cm³/mol. The molecule has 0 radical (unpaired) electrons. The molecule has 2 aromatic rings. The Kier molecular flexibility index (Phi) is 4.83. The molecule has 5 heteroatoms. The van der Waals surface area contributed by atoms with Crippen molar-refractivity contribution in [2.45, 2.75) is 26.9 Å². The summed E-state index contributed by atoms with van der Waals surface area (Å²) in [6.45, 7) is 8.59. The number of benzene rings is 1. The molecule has 1 aliphatic heterocycles. The normalized spacial score (nSPS) is 16.9. The molecule has 1 aliphatic carbocycles. The Bertz CT molecular complexity index is 1160. The zero-order valence-electron chi connectivity index (χ0n) is 17.9. The molecule has 1 aromatic heterocycles. The van der Waals surface area contributed by atoms with Crippen molar-refractivity contribution in [3.63, 3.8) is 0 Å². The van der Waals surface area contributed by atoms with E-state index in [2.05, 4.69) is 85.8 Å². The highest BCUT2D eigenvalue weighted by Gasteiger charge is 2.40. The highest BCUT2D eigenvalue weighted by Crippen LogP contribution is 2.43. The molecule has 0 bridgehead atoms. The lowest BCUT2D eigenvalue weighted by Crippen LogP contribution is -2.49. The van der Waals surface area contributed by atoms with Crippen molar-refractivity contribution in [2.75, 3.05) is 19.4 Å². The van der Waals surface area contributed by atoms with Crippen molar-refractivity contribution in [1.29, 1.82) is 0 Å². The van der Waals surface area contributed by atoms with Gasteiger partial charge in [0.1, 0.15) is 22.2 Å². The van der Waals surface area contributed by atoms with Gasteiger partial charge in [-0.05, 0) is 63.7 Å². The molecule has 1 aromatic carbocycles. The number of allylic oxidation sites excluding steroid dienone is 5. The molecule has 0 atom stereocenters. The van der Waals surface area contributed by atoms with Gasteiger partial charge in [0.2, 0.25) is 5.91 Å². The predicted octanol–water partition coefficient (Wildman–Crippen LogP) is 4.49. The van der Waals surface area contributed by atoms with Crippen LogP contribution in [0, 0.1) is 6.92 Å². The van der Waals surface area contributed by atoms with Crippen LogP contribution >= 0.6 is 11.3 Å². The summed E-state index contributed by atoms with van der Waals surface area (Å²) < 4.78 is 2.17. The van der Waals surface area contributed by atoms with Crippen molar-refractivity contribution in [1.82, 2.24) is 0 Å². The number of aryl methyl sites for hydroxylation is 1. The lowest BCUT2D eigenvalue weighted by atomic mass is 9.92. The van der Waals surface area contributed by atoms with Gasteiger partial charge in [0.25, 0.3) is 0 Å². The van der Waals surface area contributed by atoms with E-state index in [9.17, 15) is 4.79 Å². The fourth-order valence-electron chi connectivity index (χ4n) is 4.27. The number of rotatable bonds is 2. The van der Waals surface area contributed by atoms with Crippen LogP contribution in [0.5, 0.6) is 0 Å². The molecule has 2 aliphatic rings. The summed E-state index contributed by atoms with van der Waals surface area (Å²) >= 11 is 1.81. The maximum absolute atomic E-state index is 11.6. The quantitative estimate of drug-likeness (QED) is 0.564. The first-order valence-corrected chi connectivity index (χ1v) is 13.7. The summed E-state index contributed by atoms with van der Waals surface area (Å²) in [7, 11) is 2.23. The van der Waals surface area contributed by atoms with Crippen molar-refractivity contribution in [2.24, 2.45) is 0 Å². The number of thiophene rings is 1. The van der Waals surface area contributed by atoms with Crippen LogP contribution in [0.3, 0.4) is 0 Å². The van der Waals surface area contributed by atoms with Crippen LogP contribution in [0.1, 0.15) is 22.9 Å². The van der Waals surface area contributed by atoms with Gasteiger partial charge in [0, 0.05) is 35.2 Å². The van der Waals surface area contributed by atoms with Gasteiger partial charge >= 0.3 is 0 Å². The topological polar surface area (TPSA) is 32.1 Å². The lowest BCUT2D eigenvalue weighted by Gasteiger charge is -2.37. The number of nitrogens with zero attached hydrogens (tertiary/aromatic N) is 1. The van der Waals surface area contributed by atoms with Gasteiger partial charge in [0.15, 0.2) is 5.71 Å². The average molecular weight is 420 g/mol. The lowest BCUT2D eigenvalue weighted by molar-refractivity contribution is -0.462. The molecule has 0 saturated carbocycles. The monoisotopic (exact) mass is 419 g/mol. The minimum atomic E-state index is -1.96. The van der Waals surface area contributed by atoms with Crippen molar-refractivity contribution < 1.29 is 9.37 Å². The van der Waals surface area contributed by atoms with Gasteiger partial charge in [-0.15, -0.1) is 11.3 Å². The molecule has 0 saturated heterocycles. The first kappa shape index (κ1) is 19.8. The van der Waals surface area contributed by atoms with Gasteiger partial charge in [-0.3, -0.25) is 4.79 Å². The molecule has 0 unspecified atom stereocenters. The van der Waals surface area contributed by atoms with Crippen LogP contribution in [-0.4, -0.2) is 38.4 Å². The van der Waals surface area contributed by atoms with Crippen LogP contribution in [0.2, 0.25) is 13.1 Å². The van der Waals surface area contributed by atoms with Gasteiger partial charge in [-0.1, -0.05) is 19.2 Å². The number of hydrogen-bond donors (Lipinski definition) is 1. The van der Waals surface area contributed by atoms with Gasteiger partial charge < -0.3 is 5.32 Å². The van der Waals surface area contributed by atoms with Crippen LogP contribution < -0.4 is 10.5 Å². The number of carbonyl (C=O) groups excluding carboxylic acids is 1. The third-order valence-corrected chi connectivity index (χ3v) is 10.4. The highest BCUT2D eigenvalue weighted by molar-refractivity contribution is 7.11. The van der Waals surface area contributed by atoms with E-state index in [1.165, 1.54) is 43.2 Å². The Morgan fingerprint density at radius 3 is 2.52 bits per heavy atom. The van der Waals surface area contributed by atoms with Gasteiger partial charge in [-0.2, -0.15) is 0 Å². The number of anilines is 1. The first-order chi connectivity index (χ1) is 13.7. The van der Waals surface area contributed by atoms with E-state index in [-0.39, 0.29) is 5.91 Å². The standard InChI is InChI=1S/C24H26N2OSSi/c1-15-11-12-28-24(15)23-19-9-7-17(25-16(2)27)13-21(19)29(5,6)22-14-18(26(3)4)8-10-20(22)23/h7-14H,1-6H3/p+1. The van der Waals surface area contributed by atoms with Crippen molar-refractivity contribution in [3.8, 4) is 0 Å². The summed E-state index contributed by atoms with van der Waals surface area (Å²) in [5, 5.41) is 7.99. The summed E-state index contributed by atoms with van der Waals surface area (Å²) in [5.41, 5.74) is 7.42. The molecular weight excluding hydrogens is 392 g/mol. The number of amides is 1. The van der Waals surface area contributed by atoms with Gasteiger partial charge in [-0.25, -0.2) is 4.58 Å².